The summed E-state index contributed by atoms with van der Waals surface area (Å²) in [5, 5.41) is 3.19. The fourth-order valence-corrected chi connectivity index (χ4v) is 3.47. The van der Waals surface area contributed by atoms with E-state index in [-0.39, 0.29) is 11.7 Å². The number of nitrogens with one attached hydrogen (secondary N) is 1. The fourth-order valence-electron chi connectivity index (χ4n) is 2.91. The number of amides is 1. The number of methoxy groups -OCH3 is 1. The van der Waals surface area contributed by atoms with Crippen molar-refractivity contribution in [2.75, 3.05) is 7.11 Å². The monoisotopic (exact) mass is 450 g/mol. The summed E-state index contributed by atoms with van der Waals surface area (Å²) in [6.45, 7) is 0.370. The lowest BCUT2D eigenvalue weighted by Crippen LogP contribution is -2.22. The van der Waals surface area contributed by atoms with Crippen LogP contribution >= 0.6 is 11.5 Å². The Balaban J connectivity index is 1.41. The van der Waals surface area contributed by atoms with Crippen LogP contribution in [0.3, 0.4) is 0 Å². The summed E-state index contributed by atoms with van der Waals surface area (Å²) < 4.78 is 28.6. The Morgan fingerprint density at radius 2 is 1.94 bits per heavy atom. The van der Waals surface area contributed by atoms with Gasteiger partial charge in [-0.3, -0.25) is 9.78 Å². The van der Waals surface area contributed by atoms with Gasteiger partial charge in [-0.25, -0.2) is 4.39 Å². The highest BCUT2D eigenvalue weighted by atomic mass is 32.1. The van der Waals surface area contributed by atoms with Crippen molar-refractivity contribution in [1.29, 1.82) is 0 Å². The second-order valence-corrected chi connectivity index (χ2v) is 7.51. The number of carbonyl (C=O) groups excluding carboxylic acids is 1. The van der Waals surface area contributed by atoms with Crippen molar-refractivity contribution in [1.82, 2.24) is 19.7 Å². The second kappa shape index (κ2) is 9.97. The second-order valence-electron chi connectivity index (χ2n) is 6.79. The molecule has 0 radical (unpaired) electrons. The van der Waals surface area contributed by atoms with E-state index in [0.29, 0.717) is 41.0 Å². The Kier molecular flexibility index (Phi) is 6.66. The number of benzene rings is 2. The summed E-state index contributed by atoms with van der Waals surface area (Å²) in [5.41, 5.74) is 2.24. The summed E-state index contributed by atoms with van der Waals surface area (Å²) in [4.78, 5) is 20.9. The molecule has 2 heterocycles. The van der Waals surface area contributed by atoms with Gasteiger partial charge in [-0.15, -0.1) is 0 Å². The molecule has 4 aromatic rings. The van der Waals surface area contributed by atoms with Gasteiger partial charge in [0.25, 0.3) is 11.1 Å². The molecule has 162 valence electrons. The van der Waals surface area contributed by atoms with Crippen molar-refractivity contribution in [3.63, 3.8) is 0 Å². The Morgan fingerprint density at radius 3 is 2.69 bits per heavy atom. The molecule has 4 rings (SSSR count). The molecule has 0 saturated carbocycles. The van der Waals surface area contributed by atoms with E-state index in [9.17, 15) is 9.18 Å². The quantitative estimate of drug-likeness (QED) is 0.428. The number of hydrogen-bond acceptors (Lipinski definition) is 7. The molecule has 1 amide bonds. The van der Waals surface area contributed by atoms with Gasteiger partial charge in [-0.1, -0.05) is 18.2 Å². The molecule has 7 nitrogen and oxygen atoms in total. The third-order valence-corrected chi connectivity index (χ3v) is 5.16. The van der Waals surface area contributed by atoms with E-state index < -0.39 is 0 Å². The van der Waals surface area contributed by atoms with Crippen molar-refractivity contribution in [3.05, 3.63) is 95.3 Å². The minimum Gasteiger partial charge on any atom is -0.493 e. The maximum Gasteiger partial charge on any atom is 0.298 e. The van der Waals surface area contributed by atoms with E-state index in [1.807, 2.05) is 12.1 Å². The molecular formula is C23H19FN4O3S. The normalized spacial score (nSPS) is 10.6. The first-order valence-electron chi connectivity index (χ1n) is 9.71. The van der Waals surface area contributed by atoms with Gasteiger partial charge in [0.2, 0.25) is 0 Å². The number of halogens is 1. The number of rotatable bonds is 8. The fraction of sp³-hybridized carbons (Fsp3) is 0.130. The van der Waals surface area contributed by atoms with Gasteiger partial charge < -0.3 is 14.8 Å². The van der Waals surface area contributed by atoms with Gasteiger partial charge in [0, 0.05) is 42.5 Å². The molecule has 0 aliphatic carbocycles. The highest BCUT2D eigenvalue weighted by Gasteiger charge is 2.14. The van der Waals surface area contributed by atoms with Crippen LogP contribution < -0.4 is 14.8 Å². The number of hydrogen-bond donors (Lipinski definition) is 1. The van der Waals surface area contributed by atoms with Crippen LogP contribution in [0.15, 0.2) is 67.0 Å². The standard InChI is InChI=1S/C23H19FN4O3S/c1-30-20-12-17(22(29)26-14-16-3-2-10-25-13-16)6-9-19(20)31-23-27-21(28-32-23)11-15-4-7-18(24)8-5-15/h2-10,12-13H,11,14H2,1H3,(H,26,29). The summed E-state index contributed by atoms with van der Waals surface area (Å²) in [5.74, 6) is 0.860. The van der Waals surface area contributed by atoms with Crippen LogP contribution in [0, 0.1) is 5.82 Å². The molecule has 1 N–H and O–H groups in total. The van der Waals surface area contributed by atoms with Crippen LogP contribution in [0.1, 0.15) is 27.3 Å². The zero-order valence-corrected chi connectivity index (χ0v) is 17.9. The number of nitrogens with zero attached hydrogens (tertiary/aromatic N) is 3. The van der Waals surface area contributed by atoms with Crippen molar-refractivity contribution in [3.8, 4) is 16.7 Å². The van der Waals surface area contributed by atoms with Gasteiger partial charge in [-0.2, -0.15) is 9.36 Å². The summed E-state index contributed by atoms with van der Waals surface area (Å²) in [7, 11) is 1.50. The maximum atomic E-state index is 13.1. The van der Waals surface area contributed by atoms with E-state index in [0.717, 1.165) is 22.7 Å². The first kappa shape index (κ1) is 21.4. The molecule has 0 unspecified atom stereocenters. The summed E-state index contributed by atoms with van der Waals surface area (Å²) in [6.07, 6.45) is 3.84. The van der Waals surface area contributed by atoms with Crippen molar-refractivity contribution in [2.45, 2.75) is 13.0 Å². The number of ether oxygens (including phenoxy) is 2. The van der Waals surface area contributed by atoms with Crippen LogP contribution in [0.4, 0.5) is 4.39 Å². The molecule has 0 atom stereocenters. The number of aromatic nitrogens is 3. The topological polar surface area (TPSA) is 86.2 Å². The molecule has 9 heteroatoms. The SMILES string of the molecule is COc1cc(C(=O)NCc2cccnc2)ccc1Oc1nc(Cc2ccc(F)cc2)ns1. The number of carbonyl (C=O) groups is 1. The van der Waals surface area contributed by atoms with E-state index in [4.69, 9.17) is 9.47 Å². The van der Waals surface area contributed by atoms with Gasteiger partial charge in [0.15, 0.2) is 17.3 Å². The molecular weight excluding hydrogens is 431 g/mol. The third-order valence-electron chi connectivity index (χ3n) is 4.52. The molecule has 2 aromatic carbocycles. The largest absolute Gasteiger partial charge is 0.493 e. The lowest BCUT2D eigenvalue weighted by atomic mass is 10.1. The van der Waals surface area contributed by atoms with Crippen LogP contribution in [0.2, 0.25) is 0 Å². The summed E-state index contributed by atoms with van der Waals surface area (Å²) in [6, 6.07) is 14.8. The zero-order valence-electron chi connectivity index (χ0n) is 17.1. The lowest BCUT2D eigenvalue weighted by molar-refractivity contribution is 0.0950. The van der Waals surface area contributed by atoms with Gasteiger partial charge >= 0.3 is 0 Å². The molecule has 0 bridgehead atoms. The highest BCUT2D eigenvalue weighted by Crippen LogP contribution is 2.33. The number of pyridine rings is 1. The Labute approximate surface area is 188 Å². The van der Waals surface area contributed by atoms with Crippen LogP contribution in [-0.2, 0) is 13.0 Å². The van der Waals surface area contributed by atoms with Crippen LogP contribution in [0.5, 0.6) is 16.7 Å². The first-order valence-corrected chi connectivity index (χ1v) is 10.5. The average molecular weight is 450 g/mol. The van der Waals surface area contributed by atoms with Crippen molar-refractivity contribution in [2.24, 2.45) is 0 Å². The molecule has 0 spiro atoms. The predicted octanol–water partition coefficient (Wildman–Crippen LogP) is 4.39. The first-order chi connectivity index (χ1) is 15.6. The Bertz CT molecular complexity index is 1200. The third kappa shape index (κ3) is 5.44. The lowest BCUT2D eigenvalue weighted by Gasteiger charge is -2.10. The zero-order chi connectivity index (χ0) is 22.3. The Hall–Kier alpha value is -3.85. The van der Waals surface area contributed by atoms with E-state index in [1.165, 1.54) is 19.2 Å². The average Bonchev–Trinajstić information content (AvgIpc) is 3.26. The minimum atomic E-state index is -0.287. The highest BCUT2D eigenvalue weighted by molar-refractivity contribution is 7.07. The molecule has 0 fully saturated rings. The van der Waals surface area contributed by atoms with E-state index in [2.05, 4.69) is 19.7 Å². The summed E-state index contributed by atoms with van der Waals surface area (Å²) >= 11 is 1.10. The van der Waals surface area contributed by atoms with Gasteiger partial charge in [0.05, 0.1) is 7.11 Å². The minimum absolute atomic E-state index is 0.240. The van der Waals surface area contributed by atoms with E-state index >= 15 is 0 Å². The molecule has 2 aromatic heterocycles. The molecule has 32 heavy (non-hydrogen) atoms. The van der Waals surface area contributed by atoms with Crippen molar-refractivity contribution >= 4 is 17.4 Å². The Morgan fingerprint density at radius 1 is 1.09 bits per heavy atom. The van der Waals surface area contributed by atoms with Crippen LogP contribution in [0.25, 0.3) is 0 Å². The maximum absolute atomic E-state index is 13.1. The molecule has 0 saturated heterocycles. The van der Waals surface area contributed by atoms with Gasteiger partial charge in [-0.05, 0) is 47.5 Å². The molecule has 0 aliphatic heterocycles. The predicted molar refractivity (Wildman–Crippen MR) is 118 cm³/mol. The van der Waals surface area contributed by atoms with Crippen molar-refractivity contribution < 1.29 is 18.7 Å². The van der Waals surface area contributed by atoms with Gasteiger partial charge in [0.1, 0.15) is 5.82 Å². The molecule has 0 aliphatic rings. The smallest absolute Gasteiger partial charge is 0.298 e. The van der Waals surface area contributed by atoms with E-state index in [1.54, 1.807) is 42.7 Å². The van der Waals surface area contributed by atoms with Crippen LogP contribution in [-0.4, -0.2) is 27.4 Å².